The second-order valence-corrected chi connectivity index (χ2v) is 1.63. The molecule has 0 bridgehead atoms. The van der Waals surface area contributed by atoms with Gasteiger partial charge in [-0.25, -0.2) is 0 Å². The summed E-state index contributed by atoms with van der Waals surface area (Å²) in [5.41, 5.74) is 0. The van der Waals surface area contributed by atoms with E-state index in [0.29, 0.717) is 0 Å². The van der Waals surface area contributed by atoms with E-state index in [9.17, 15) is 4.79 Å². The largest absolute Gasteiger partial charge is 0.480 e. The van der Waals surface area contributed by atoms with E-state index < -0.39 is 5.97 Å². The number of carboxylic acids is 1. The Morgan fingerprint density at radius 3 is 2.25 bits per heavy atom. The van der Waals surface area contributed by atoms with Crippen LogP contribution in [0.15, 0.2) is 0 Å². The lowest BCUT2D eigenvalue weighted by Gasteiger charge is -2.22. The molecule has 0 unspecified atom stereocenters. The molecule has 0 radical (unpaired) electrons. The van der Waals surface area contributed by atoms with Gasteiger partial charge in [0.15, 0.2) is 0 Å². The SMILES string of the molecule is Cl.O=C(O)[C@@H]1CCN1. The molecule has 8 heavy (non-hydrogen) atoms. The Morgan fingerprint density at radius 2 is 2.25 bits per heavy atom. The second kappa shape index (κ2) is 2.89. The summed E-state index contributed by atoms with van der Waals surface area (Å²) in [6.07, 6.45) is 0.787. The summed E-state index contributed by atoms with van der Waals surface area (Å²) in [5.74, 6) is -0.730. The summed E-state index contributed by atoms with van der Waals surface area (Å²) in [7, 11) is 0. The Morgan fingerprint density at radius 1 is 1.75 bits per heavy atom. The van der Waals surface area contributed by atoms with Gasteiger partial charge >= 0.3 is 5.97 Å². The van der Waals surface area contributed by atoms with Crippen LogP contribution < -0.4 is 5.32 Å². The molecule has 0 aromatic rings. The highest BCUT2D eigenvalue weighted by molar-refractivity contribution is 5.85. The molecule has 1 aliphatic heterocycles. The molecule has 1 fully saturated rings. The van der Waals surface area contributed by atoms with Gasteiger partial charge in [0.05, 0.1) is 0 Å². The summed E-state index contributed by atoms with van der Waals surface area (Å²) in [6, 6.07) is -0.250. The van der Waals surface area contributed by atoms with Crippen LogP contribution in [0.4, 0.5) is 0 Å². The van der Waals surface area contributed by atoms with Crippen LogP contribution in [0.2, 0.25) is 0 Å². The average Bonchev–Trinajstić information content (AvgIpc) is 1.23. The van der Waals surface area contributed by atoms with E-state index in [1.807, 2.05) is 0 Å². The molecule has 0 spiro atoms. The molecule has 1 saturated heterocycles. The van der Waals surface area contributed by atoms with Crippen LogP contribution in [0.25, 0.3) is 0 Å². The van der Waals surface area contributed by atoms with Crippen molar-refractivity contribution in [1.82, 2.24) is 5.32 Å². The van der Waals surface area contributed by atoms with Crippen molar-refractivity contribution in [1.29, 1.82) is 0 Å². The third-order valence-electron chi connectivity index (χ3n) is 1.12. The lowest BCUT2D eigenvalue weighted by Crippen LogP contribution is -2.48. The van der Waals surface area contributed by atoms with Crippen molar-refractivity contribution >= 4 is 18.4 Å². The molecule has 0 aliphatic carbocycles. The zero-order valence-corrected chi connectivity index (χ0v) is 5.07. The lowest BCUT2D eigenvalue weighted by molar-refractivity contribution is -0.141. The van der Waals surface area contributed by atoms with Crippen LogP contribution >= 0.6 is 12.4 Å². The van der Waals surface area contributed by atoms with Gasteiger partial charge in [0.25, 0.3) is 0 Å². The Labute approximate surface area is 53.5 Å². The van der Waals surface area contributed by atoms with E-state index in [1.165, 1.54) is 0 Å². The highest BCUT2D eigenvalue weighted by Crippen LogP contribution is 1.99. The first-order chi connectivity index (χ1) is 3.30. The molecule has 1 heterocycles. The van der Waals surface area contributed by atoms with Gasteiger partial charge in [0.1, 0.15) is 6.04 Å². The summed E-state index contributed by atoms with van der Waals surface area (Å²) < 4.78 is 0. The Balaban J connectivity index is 0.000000490. The van der Waals surface area contributed by atoms with Crippen molar-refractivity contribution in [2.75, 3.05) is 6.54 Å². The fourth-order valence-corrected chi connectivity index (χ4v) is 0.499. The number of hydrogen-bond acceptors (Lipinski definition) is 2. The number of aliphatic carboxylic acids is 1. The smallest absolute Gasteiger partial charge is 0.320 e. The maximum absolute atomic E-state index is 9.92. The van der Waals surface area contributed by atoms with Crippen molar-refractivity contribution < 1.29 is 9.90 Å². The monoisotopic (exact) mass is 137 g/mol. The molecule has 0 amide bonds. The molecule has 1 rings (SSSR count). The van der Waals surface area contributed by atoms with Crippen molar-refractivity contribution in [3.05, 3.63) is 0 Å². The van der Waals surface area contributed by atoms with Crippen LogP contribution in [0.3, 0.4) is 0 Å². The third kappa shape index (κ3) is 1.35. The Hall–Kier alpha value is -0.280. The average molecular weight is 138 g/mol. The molecule has 0 saturated carbocycles. The number of carboxylic acid groups (broad SMARTS) is 1. The fourth-order valence-electron chi connectivity index (χ4n) is 0.499. The lowest BCUT2D eigenvalue weighted by atomic mass is 10.1. The van der Waals surface area contributed by atoms with Crippen LogP contribution in [0.5, 0.6) is 0 Å². The van der Waals surface area contributed by atoms with Gasteiger partial charge in [0.2, 0.25) is 0 Å². The predicted molar refractivity (Wildman–Crippen MR) is 31.3 cm³/mol. The standard InChI is InChI=1S/C4H7NO2.ClH/c6-4(7)3-1-2-5-3;/h3,5H,1-2H2,(H,6,7);1H/t3-;/m0./s1. The van der Waals surface area contributed by atoms with Gasteiger partial charge in [-0.3, -0.25) is 4.79 Å². The summed E-state index contributed by atoms with van der Waals surface area (Å²) in [5, 5.41) is 10.9. The first-order valence-electron chi connectivity index (χ1n) is 2.27. The zero-order chi connectivity index (χ0) is 5.28. The van der Waals surface area contributed by atoms with Gasteiger partial charge in [-0.1, -0.05) is 0 Å². The fraction of sp³-hybridized carbons (Fsp3) is 0.750. The second-order valence-electron chi connectivity index (χ2n) is 1.63. The van der Waals surface area contributed by atoms with E-state index in [-0.39, 0.29) is 18.4 Å². The molecule has 0 aromatic carbocycles. The Bertz CT molecular complexity index is 92.0. The maximum atomic E-state index is 9.92. The molecule has 1 atom stereocenters. The van der Waals surface area contributed by atoms with Crippen molar-refractivity contribution in [2.45, 2.75) is 12.5 Å². The van der Waals surface area contributed by atoms with Crippen LogP contribution in [-0.2, 0) is 4.79 Å². The third-order valence-corrected chi connectivity index (χ3v) is 1.12. The normalized spacial score (nSPS) is 25.2. The van der Waals surface area contributed by atoms with E-state index in [0.717, 1.165) is 13.0 Å². The van der Waals surface area contributed by atoms with E-state index in [1.54, 1.807) is 0 Å². The highest BCUT2D eigenvalue weighted by Gasteiger charge is 2.22. The van der Waals surface area contributed by atoms with Crippen molar-refractivity contribution in [3.8, 4) is 0 Å². The number of halogens is 1. The van der Waals surface area contributed by atoms with Gasteiger partial charge in [0, 0.05) is 0 Å². The van der Waals surface area contributed by atoms with Gasteiger partial charge in [-0.15, -0.1) is 12.4 Å². The molecule has 2 N–H and O–H groups in total. The predicted octanol–water partition coefficient (Wildman–Crippen LogP) is -0.145. The van der Waals surface area contributed by atoms with Gasteiger partial charge < -0.3 is 10.4 Å². The molecule has 4 heteroatoms. The van der Waals surface area contributed by atoms with Crippen molar-refractivity contribution in [3.63, 3.8) is 0 Å². The highest BCUT2D eigenvalue weighted by atomic mass is 35.5. The summed E-state index contributed by atoms with van der Waals surface area (Å²) >= 11 is 0. The molecule has 0 aromatic heterocycles. The molecule has 48 valence electrons. The summed E-state index contributed by atoms with van der Waals surface area (Å²) in [4.78, 5) is 9.92. The van der Waals surface area contributed by atoms with Crippen LogP contribution in [-0.4, -0.2) is 23.7 Å². The van der Waals surface area contributed by atoms with Crippen LogP contribution in [0.1, 0.15) is 6.42 Å². The Kier molecular flexibility index (Phi) is 2.79. The van der Waals surface area contributed by atoms with Gasteiger partial charge in [-0.05, 0) is 13.0 Å². The van der Waals surface area contributed by atoms with E-state index in [2.05, 4.69) is 5.32 Å². The molecular weight excluding hydrogens is 130 g/mol. The first kappa shape index (κ1) is 7.72. The minimum Gasteiger partial charge on any atom is -0.480 e. The number of nitrogens with one attached hydrogen (secondary N) is 1. The minimum atomic E-state index is -0.730. The summed E-state index contributed by atoms with van der Waals surface area (Å²) in [6.45, 7) is 0.858. The molecular formula is C4H8ClNO2. The van der Waals surface area contributed by atoms with Crippen LogP contribution in [0, 0.1) is 0 Å². The van der Waals surface area contributed by atoms with Gasteiger partial charge in [-0.2, -0.15) is 0 Å². The number of hydrogen-bond donors (Lipinski definition) is 2. The minimum absolute atomic E-state index is 0. The van der Waals surface area contributed by atoms with Crippen molar-refractivity contribution in [2.24, 2.45) is 0 Å². The quantitative estimate of drug-likeness (QED) is 0.529. The van der Waals surface area contributed by atoms with E-state index >= 15 is 0 Å². The zero-order valence-electron chi connectivity index (χ0n) is 4.26. The molecule has 1 aliphatic rings. The van der Waals surface area contributed by atoms with E-state index in [4.69, 9.17) is 5.11 Å². The molecule has 3 nitrogen and oxygen atoms in total. The first-order valence-corrected chi connectivity index (χ1v) is 2.27. The maximum Gasteiger partial charge on any atom is 0.320 e. The number of carbonyl (C=O) groups is 1. The number of rotatable bonds is 1. The topological polar surface area (TPSA) is 49.3 Å².